The Kier molecular flexibility index (Phi) is 5.88. The topological polar surface area (TPSA) is 67.4 Å². The van der Waals surface area contributed by atoms with Crippen LogP contribution in [-0.4, -0.2) is 17.9 Å². The van der Waals surface area contributed by atoms with Crippen molar-refractivity contribution < 1.29 is 14.3 Å². The highest BCUT2D eigenvalue weighted by Gasteiger charge is 2.15. The van der Waals surface area contributed by atoms with Gasteiger partial charge in [0, 0.05) is 11.4 Å². The van der Waals surface area contributed by atoms with Gasteiger partial charge in [-0.1, -0.05) is 18.2 Å². The smallest absolute Gasteiger partial charge is 0.265 e. The van der Waals surface area contributed by atoms with E-state index in [1.165, 1.54) is 11.3 Å². The summed E-state index contributed by atoms with van der Waals surface area (Å²) >= 11 is 1.38. The number of thiophene rings is 1. The molecule has 3 rings (SSSR count). The summed E-state index contributed by atoms with van der Waals surface area (Å²) in [6, 6.07) is 18.1. The standard InChI is InChI=1S/C21H20N2O3S/c1-14-5-3-6-18(13-14)26-15(2)20(24)22-16-8-10-17(11-9-16)23-21(25)19-7-4-12-27-19/h3-13,15H,1-2H3,(H,22,24)(H,23,25). The van der Waals surface area contributed by atoms with E-state index >= 15 is 0 Å². The molecule has 27 heavy (non-hydrogen) atoms. The maximum atomic E-state index is 12.3. The van der Waals surface area contributed by atoms with Crippen LogP contribution in [0.2, 0.25) is 0 Å². The molecule has 0 aliphatic heterocycles. The number of carbonyl (C=O) groups is 2. The summed E-state index contributed by atoms with van der Waals surface area (Å²) < 4.78 is 5.68. The van der Waals surface area contributed by atoms with Crippen LogP contribution in [-0.2, 0) is 4.79 Å². The molecule has 1 aromatic heterocycles. The van der Waals surface area contributed by atoms with E-state index in [9.17, 15) is 9.59 Å². The Morgan fingerprint density at radius 3 is 2.30 bits per heavy atom. The third kappa shape index (κ3) is 5.18. The zero-order valence-corrected chi connectivity index (χ0v) is 15.9. The summed E-state index contributed by atoms with van der Waals surface area (Å²) in [5.74, 6) is 0.262. The van der Waals surface area contributed by atoms with Crippen LogP contribution in [0.5, 0.6) is 5.75 Å². The summed E-state index contributed by atoms with van der Waals surface area (Å²) in [5.41, 5.74) is 2.37. The number of amides is 2. The number of hydrogen-bond donors (Lipinski definition) is 2. The van der Waals surface area contributed by atoms with E-state index in [4.69, 9.17) is 4.74 Å². The van der Waals surface area contributed by atoms with Crippen LogP contribution < -0.4 is 15.4 Å². The monoisotopic (exact) mass is 380 g/mol. The molecule has 2 N–H and O–H groups in total. The number of anilines is 2. The molecule has 2 amide bonds. The lowest BCUT2D eigenvalue weighted by molar-refractivity contribution is -0.122. The third-order valence-electron chi connectivity index (χ3n) is 3.83. The molecule has 1 atom stereocenters. The fourth-order valence-electron chi connectivity index (χ4n) is 2.43. The highest BCUT2D eigenvalue weighted by molar-refractivity contribution is 7.12. The van der Waals surface area contributed by atoms with E-state index < -0.39 is 6.10 Å². The molecular weight excluding hydrogens is 360 g/mol. The van der Waals surface area contributed by atoms with Crippen molar-refractivity contribution in [1.82, 2.24) is 0 Å². The van der Waals surface area contributed by atoms with Gasteiger partial charge in [-0.05, 0) is 67.3 Å². The first-order valence-electron chi connectivity index (χ1n) is 8.50. The zero-order chi connectivity index (χ0) is 19.2. The molecule has 0 bridgehead atoms. The van der Waals surface area contributed by atoms with Crippen LogP contribution in [0.25, 0.3) is 0 Å². The molecule has 0 spiro atoms. The van der Waals surface area contributed by atoms with Gasteiger partial charge in [-0.3, -0.25) is 9.59 Å². The fraction of sp³-hybridized carbons (Fsp3) is 0.143. The molecule has 0 aliphatic carbocycles. The molecule has 2 aromatic carbocycles. The van der Waals surface area contributed by atoms with E-state index in [1.807, 2.05) is 42.6 Å². The summed E-state index contributed by atoms with van der Waals surface area (Å²) in [5, 5.41) is 7.48. The van der Waals surface area contributed by atoms with Crippen molar-refractivity contribution >= 4 is 34.5 Å². The van der Waals surface area contributed by atoms with Crippen LogP contribution in [0.4, 0.5) is 11.4 Å². The summed E-state index contributed by atoms with van der Waals surface area (Å²) in [6.07, 6.45) is -0.634. The van der Waals surface area contributed by atoms with Crippen LogP contribution in [0, 0.1) is 6.92 Å². The second-order valence-corrected chi connectivity index (χ2v) is 7.02. The highest BCUT2D eigenvalue weighted by Crippen LogP contribution is 2.18. The van der Waals surface area contributed by atoms with Gasteiger partial charge >= 0.3 is 0 Å². The molecule has 6 heteroatoms. The van der Waals surface area contributed by atoms with Crippen molar-refractivity contribution in [2.24, 2.45) is 0 Å². The van der Waals surface area contributed by atoms with Gasteiger partial charge in [-0.15, -0.1) is 11.3 Å². The fourth-order valence-corrected chi connectivity index (χ4v) is 3.05. The summed E-state index contributed by atoms with van der Waals surface area (Å²) in [6.45, 7) is 3.67. The van der Waals surface area contributed by atoms with Crippen molar-refractivity contribution in [1.29, 1.82) is 0 Å². The molecular formula is C21H20N2O3S. The average Bonchev–Trinajstić information content (AvgIpc) is 3.18. The molecule has 0 fully saturated rings. The van der Waals surface area contributed by atoms with Gasteiger partial charge in [0.25, 0.3) is 11.8 Å². The van der Waals surface area contributed by atoms with Gasteiger partial charge in [0.1, 0.15) is 5.75 Å². The van der Waals surface area contributed by atoms with Gasteiger partial charge < -0.3 is 15.4 Å². The molecule has 1 unspecified atom stereocenters. The van der Waals surface area contributed by atoms with Crippen molar-refractivity contribution in [3.05, 3.63) is 76.5 Å². The van der Waals surface area contributed by atoms with Crippen molar-refractivity contribution in [3.63, 3.8) is 0 Å². The minimum Gasteiger partial charge on any atom is -0.481 e. The molecule has 0 aliphatic rings. The normalized spacial score (nSPS) is 11.5. The zero-order valence-electron chi connectivity index (χ0n) is 15.1. The lowest BCUT2D eigenvalue weighted by atomic mass is 10.2. The SMILES string of the molecule is Cc1cccc(OC(C)C(=O)Nc2ccc(NC(=O)c3cccs3)cc2)c1. The first kappa shape index (κ1) is 18.7. The molecule has 0 saturated carbocycles. The maximum absolute atomic E-state index is 12.3. The Labute approximate surface area is 162 Å². The van der Waals surface area contributed by atoms with E-state index in [2.05, 4.69) is 10.6 Å². The number of hydrogen-bond acceptors (Lipinski definition) is 4. The lowest BCUT2D eigenvalue weighted by Gasteiger charge is -2.15. The molecule has 138 valence electrons. The Hall–Kier alpha value is -3.12. The van der Waals surface area contributed by atoms with Crippen molar-refractivity contribution in [2.45, 2.75) is 20.0 Å². The minimum absolute atomic E-state index is 0.151. The van der Waals surface area contributed by atoms with Gasteiger partial charge in [-0.25, -0.2) is 0 Å². The summed E-state index contributed by atoms with van der Waals surface area (Å²) in [4.78, 5) is 25.0. The Balaban J connectivity index is 1.55. The van der Waals surface area contributed by atoms with Crippen LogP contribution in [0.3, 0.4) is 0 Å². The number of ether oxygens (including phenoxy) is 1. The van der Waals surface area contributed by atoms with Gasteiger partial charge in [0.15, 0.2) is 6.10 Å². The molecule has 5 nitrogen and oxygen atoms in total. The van der Waals surface area contributed by atoms with E-state index in [0.717, 1.165) is 5.56 Å². The first-order chi connectivity index (χ1) is 13.0. The highest BCUT2D eigenvalue weighted by atomic mass is 32.1. The number of carbonyl (C=O) groups excluding carboxylic acids is 2. The predicted molar refractivity (Wildman–Crippen MR) is 109 cm³/mol. The molecule has 1 heterocycles. The van der Waals surface area contributed by atoms with E-state index in [1.54, 1.807) is 37.3 Å². The maximum Gasteiger partial charge on any atom is 0.265 e. The Morgan fingerprint density at radius 2 is 1.67 bits per heavy atom. The Bertz CT molecular complexity index is 921. The van der Waals surface area contributed by atoms with Gasteiger partial charge in [-0.2, -0.15) is 0 Å². The number of benzene rings is 2. The number of aryl methyl sites for hydroxylation is 1. The molecule has 0 radical (unpaired) electrons. The number of rotatable bonds is 6. The van der Waals surface area contributed by atoms with Crippen LogP contribution in [0.1, 0.15) is 22.2 Å². The second kappa shape index (κ2) is 8.51. The molecule has 0 saturated heterocycles. The predicted octanol–water partition coefficient (Wildman–Crippen LogP) is 4.71. The van der Waals surface area contributed by atoms with E-state index in [-0.39, 0.29) is 11.8 Å². The third-order valence-corrected chi connectivity index (χ3v) is 4.70. The number of nitrogens with one attached hydrogen (secondary N) is 2. The lowest BCUT2D eigenvalue weighted by Crippen LogP contribution is -2.30. The van der Waals surface area contributed by atoms with Gasteiger partial charge in [0.05, 0.1) is 4.88 Å². The van der Waals surface area contributed by atoms with E-state index in [0.29, 0.717) is 22.0 Å². The molecule has 3 aromatic rings. The minimum atomic E-state index is -0.634. The summed E-state index contributed by atoms with van der Waals surface area (Å²) in [7, 11) is 0. The average molecular weight is 380 g/mol. The van der Waals surface area contributed by atoms with Crippen LogP contribution >= 0.6 is 11.3 Å². The first-order valence-corrected chi connectivity index (χ1v) is 9.38. The van der Waals surface area contributed by atoms with Crippen molar-refractivity contribution in [3.8, 4) is 5.75 Å². The second-order valence-electron chi connectivity index (χ2n) is 6.07. The Morgan fingerprint density at radius 1 is 0.963 bits per heavy atom. The largest absolute Gasteiger partial charge is 0.481 e. The van der Waals surface area contributed by atoms with Crippen LogP contribution in [0.15, 0.2) is 66.0 Å². The van der Waals surface area contributed by atoms with Crippen molar-refractivity contribution in [2.75, 3.05) is 10.6 Å². The quantitative estimate of drug-likeness (QED) is 0.650. The van der Waals surface area contributed by atoms with Gasteiger partial charge in [0.2, 0.25) is 0 Å².